The quantitative estimate of drug-likeness (QED) is 0.552. The molecular formula is C27H31FN4O. The topological polar surface area (TPSA) is 49.3 Å². The van der Waals surface area contributed by atoms with Crippen LogP contribution in [0.4, 0.5) is 10.2 Å². The third-order valence-corrected chi connectivity index (χ3v) is 6.37. The van der Waals surface area contributed by atoms with Crippen molar-refractivity contribution in [3.8, 4) is 0 Å². The van der Waals surface area contributed by atoms with E-state index in [1.165, 1.54) is 6.07 Å². The fraction of sp³-hybridized carbons (Fsp3) is 0.370. The monoisotopic (exact) mass is 446 g/mol. The standard InChI is InChI=1S/C27H31FN4O/c1-4-24(22-10-6-5-7-11-22)27(33)32-15-13-31(14-16-32)26-25(19(2)29-20(3)30-26)18-21-9-8-12-23(28)17-21/h5-12,17,24H,4,13-16,18H2,1-3H3/t24-/m1/s1. The molecule has 1 aliphatic rings. The van der Waals surface area contributed by atoms with Crippen LogP contribution in [0.15, 0.2) is 54.6 Å². The number of anilines is 1. The lowest BCUT2D eigenvalue weighted by Gasteiger charge is -2.38. The Bertz CT molecular complexity index is 1110. The smallest absolute Gasteiger partial charge is 0.230 e. The van der Waals surface area contributed by atoms with E-state index < -0.39 is 0 Å². The Morgan fingerprint density at radius 2 is 1.73 bits per heavy atom. The van der Waals surface area contributed by atoms with Gasteiger partial charge in [-0.05, 0) is 43.5 Å². The molecule has 1 amide bonds. The minimum Gasteiger partial charge on any atom is -0.353 e. The summed E-state index contributed by atoms with van der Waals surface area (Å²) in [5.41, 5.74) is 3.90. The largest absolute Gasteiger partial charge is 0.353 e. The Morgan fingerprint density at radius 1 is 1.00 bits per heavy atom. The van der Waals surface area contributed by atoms with Crippen molar-refractivity contribution in [2.45, 2.75) is 39.5 Å². The molecule has 1 aliphatic heterocycles. The van der Waals surface area contributed by atoms with Gasteiger partial charge in [-0.15, -0.1) is 0 Å². The van der Waals surface area contributed by atoms with Crippen LogP contribution in [-0.2, 0) is 11.2 Å². The minimum absolute atomic E-state index is 0.107. The van der Waals surface area contributed by atoms with Crippen LogP contribution in [0.5, 0.6) is 0 Å². The Kier molecular flexibility index (Phi) is 7.02. The highest BCUT2D eigenvalue weighted by Gasteiger charge is 2.29. The molecule has 0 aliphatic carbocycles. The molecule has 2 aromatic carbocycles. The van der Waals surface area contributed by atoms with Gasteiger partial charge in [-0.1, -0.05) is 49.4 Å². The maximum Gasteiger partial charge on any atom is 0.230 e. The van der Waals surface area contributed by atoms with Crippen molar-refractivity contribution in [2.24, 2.45) is 0 Å². The number of carbonyl (C=O) groups excluding carboxylic acids is 1. The van der Waals surface area contributed by atoms with Gasteiger partial charge in [-0.3, -0.25) is 4.79 Å². The average Bonchev–Trinajstić information content (AvgIpc) is 2.82. The lowest BCUT2D eigenvalue weighted by Crippen LogP contribution is -2.50. The van der Waals surface area contributed by atoms with Crippen LogP contribution in [-0.4, -0.2) is 47.0 Å². The van der Waals surface area contributed by atoms with Gasteiger partial charge in [0.2, 0.25) is 5.91 Å². The molecule has 172 valence electrons. The number of halogens is 1. The molecule has 5 nitrogen and oxygen atoms in total. The maximum atomic E-state index is 13.7. The van der Waals surface area contributed by atoms with Crippen molar-refractivity contribution in [3.05, 3.63) is 88.6 Å². The third kappa shape index (κ3) is 5.21. The van der Waals surface area contributed by atoms with Crippen molar-refractivity contribution in [1.82, 2.24) is 14.9 Å². The van der Waals surface area contributed by atoms with Crippen LogP contribution in [0.3, 0.4) is 0 Å². The Labute approximate surface area is 195 Å². The van der Waals surface area contributed by atoms with Gasteiger partial charge < -0.3 is 9.80 Å². The molecule has 0 saturated carbocycles. The predicted molar refractivity (Wildman–Crippen MR) is 129 cm³/mol. The molecule has 1 fully saturated rings. The van der Waals surface area contributed by atoms with E-state index in [1.807, 2.05) is 55.1 Å². The fourth-order valence-electron chi connectivity index (χ4n) is 4.63. The molecule has 0 N–H and O–H groups in total. The lowest BCUT2D eigenvalue weighted by molar-refractivity contribution is -0.133. The summed E-state index contributed by atoms with van der Waals surface area (Å²) in [4.78, 5) is 26.8. The van der Waals surface area contributed by atoms with Crippen molar-refractivity contribution in [3.63, 3.8) is 0 Å². The van der Waals surface area contributed by atoms with Crippen LogP contribution in [0.1, 0.15) is 47.5 Å². The SMILES string of the molecule is CC[C@@H](C(=O)N1CCN(c2nc(C)nc(C)c2Cc2cccc(F)c2)CC1)c1ccccc1. The molecule has 6 heteroatoms. The molecule has 0 spiro atoms. The van der Waals surface area contributed by atoms with Crippen LogP contribution in [0.2, 0.25) is 0 Å². The first-order valence-electron chi connectivity index (χ1n) is 11.6. The molecule has 1 atom stereocenters. The predicted octanol–water partition coefficient (Wildman–Crippen LogP) is 4.67. The number of aryl methyl sites for hydroxylation is 2. The summed E-state index contributed by atoms with van der Waals surface area (Å²) in [6.07, 6.45) is 1.36. The van der Waals surface area contributed by atoms with Gasteiger partial charge in [0.25, 0.3) is 0 Å². The summed E-state index contributed by atoms with van der Waals surface area (Å²) in [6, 6.07) is 16.7. The molecule has 2 heterocycles. The van der Waals surface area contributed by atoms with Crippen molar-refractivity contribution in [1.29, 1.82) is 0 Å². The molecule has 0 bridgehead atoms. The summed E-state index contributed by atoms with van der Waals surface area (Å²) in [5.74, 6) is 1.46. The highest BCUT2D eigenvalue weighted by Crippen LogP contribution is 2.27. The Morgan fingerprint density at radius 3 is 2.39 bits per heavy atom. The number of nitrogens with zero attached hydrogens (tertiary/aromatic N) is 4. The number of carbonyl (C=O) groups is 1. The zero-order valence-electron chi connectivity index (χ0n) is 19.6. The lowest BCUT2D eigenvalue weighted by atomic mass is 9.94. The van der Waals surface area contributed by atoms with E-state index in [4.69, 9.17) is 4.98 Å². The summed E-state index contributed by atoms with van der Waals surface area (Å²) >= 11 is 0. The van der Waals surface area contributed by atoms with Gasteiger partial charge >= 0.3 is 0 Å². The van der Waals surface area contributed by atoms with Crippen LogP contribution in [0, 0.1) is 19.7 Å². The van der Waals surface area contributed by atoms with Crippen molar-refractivity contribution >= 4 is 11.7 Å². The van der Waals surface area contributed by atoms with E-state index >= 15 is 0 Å². The van der Waals surface area contributed by atoms with E-state index in [-0.39, 0.29) is 17.6 Å². The maximum absolute atomic E-state index is 13.7. The van der Waals surface area contributed by atoms with Crippen molar-refractivity contribution in [2.75, 3.05) is 31.1 Å². The molecule has 3 aromatic rings. The number of amides is 1. The van der Waals surface area contributed by atoms with Crippen LogP contribution < -0.4 is 4.90 Å². The van der Waals surface area contributed by atoms with Gasteiger partial charge in [0.1, 0.15) is 17.5 Å². The molecular weight excluding hydrogens is 415 g/mol. The normalized spacial score (nSPS) is 14.9. The molecule has 4 rings (SSSR count). The van der Waals surface area contributed by atoms with E-state index in [2.05, 4.69) is 16.8 Å². The van der Waals surface area contributed by atoms with Gasteiger partial charge in [0, 0.05) is 43.9 Å². The first-order chi connectivity index (χ1) is 16.0. The zero-order valence-corrected chi connectivity index (χ0v) is 19.6. The second-order valence-electron chi connectivity index (χ2n) is 8.65. The molecule has 1 saturated heterocycles. The first kappa shape index (κ1) is 22.9. The first-order valence-corrected chi connectivity index (χ1v) is 11.6. The highest BCUT2D eigenvalue weighted by atomic mass is 19.1. The van der Waals surface area contributed by atoms with E-state index in [1.54, 1.807) is 12.1 Å². The van der Waals surface area contributed by atoms with Gasteiger partial charge in [0.15, 0.2) is 0 Å². The summed E-state index contributed by atoms with van der Waals surface area (Å²) in [6.45, 7) is 8.68. The van der Waals surface area contributed by atoms with Crippen LogP contribution >= 0.6 is 0 Å². The third-order valence-electron chi connectivity index (χ3n) is 6.37. The molecule has 0 unspecified atom stereocenters. The molecule has 1 aromatic heterocycles. The number of aromatic nitrogens is 2. The summed E-state index contributed by atoms with van der Waals surface area (Å²) < 4.78 is 13.7. The van der Waals surface area contributed by atoms with Crippen LogP contribution in [0.25, 0.3) is 0 Å². The van der Waals surface area contributed by atoms with Gasteiger partial charge in [-0.25, -0.2) is 14.4 Å². The Hall–Kier alpha value is -3.28. The van der Waals surface area contributed by atoms with Gasteiger partial charge in [-0.2, -0.15) is 0 Å². The number of benzene rings is 2. The Balaban J connectivity index is 1.51. The number of rotatable bonds is 6. The average molecular weight is 447 g/mol. The zero-order chi connectivity index (χ0) is 23.4. The second kappa shape index (κ2) is 10.1. The minimum atomic E-state index is -0.240. The molecule has 0 radical (unpaired) electrons. The number of hydrogen-bond donors (Lipinski definition) is 0. The summed E-state index contributed by atoms with van der Waals surface area (Å²) in [7, 11) is 0. The van der Waals surface area contributed by atoms with E-state index in [9.17, 15) is 9.18 Å². The second-order valence-corrected chi connectivity index (χ2v) is 8.65. The summed E-state index contributed by atoms with van der Waals surface area (Å²) in [5, 5.41) is 0. The van der Waals surface area contributed by atoms with E-state index in [0.717, 1.165) is 40.4 Å². The highest BCUT2D eigenvalue weighted by molar-refractivity contribution is 5.84. The number of piperazine rings is 1. The van der Waals surface area contributed by atoms with Crippen molar-refractivity contribution < 1.29 is 9.18 Å². The van der Waals surface area contributed by atoms with Gasteiger partial charge in [0.05, 0.1) is 5.92 Å². The number of hydrogen-bond acceptors (Lipinski definition) is 4. The molecule has 33 heavy (non-hydrogen) atoms. The van der Waals surface area contributed by atoms with E-state index in [0.29, 0.717) is 32.6 Å². The fourth-order valence-corrected chi connectivity index (χ4v) is 4.63.